The first-order chi connectivity index (χ1) is 43.7. The van der Waals surface area contributed by atoms with Crippen molar-refractivity contribution in [3.8, 4) is 0 Å². The molecule has 0 radical (unpaired) electrons. The van der Waals surface area contributed by atoms with E-state index in [1.807, 2.05) is 0 Å². The van der Waals surface area contributed by atoms with Crippen molar-refractivity contribution < 1.29 is 212 Å². The van der Waals surface area contributed by atoms with E-state index in [0.29, 0.717) is 0 Å². The van der Waals surface area contributed by atoms with Crippen LogP contribution in [-0.4, -0.2) is 337 Å². The second-order valence-corrected chi connectivity index (χ2v) is 26.2. The fourth-order valence-electron chi connectivity index (χ4n) is 10.9. The maximum atomic E-state index is 11.2. The lowest BCUT2D eigenvalue weighted by atomic mass is 9.90. The van der Waals surface area contributed by atoms with Crippen LogP contribution in [0, 0.1) is 17.8 Å². The molecule has 8 rings (SSSR count). The molecule has 8 saturated heterocycles. The maximum Gasteiger partial charge on any atom is 0.218 e. The number of rotatable bonds is 25. The quantitative estimate of drug-likeness (QED) is 0.0182. The summed E-state index contributed by atoms with van der Waals surface area (Å²) in [7, 11) is -22.7. The van der Waals surface area contributed by atoms with Gasteiger partial charge < -0.3 is 135 Å². The molecular formula is C42H68O46S6-6. The molecule has 94 heavy (non-hydrogen) atoms. The summed E-state index contributed by atoms with van der Waals surface area (Å²) in [6, 6.07) is 0. The summed E-state index contributed by atoms with van der Waals surface area (Å²) in [5.74, 6) is -3.16. The number of fused-ring (bicyclic) bond motifs is 4. The summed E-state index contributed by atoms with van der Waals surface area (Å²) >= 11 is 2.83. The van der Waals surface area contributed by atoms with Crippen molar-refractivity contribution in [2.24, 2.45) is 17.8 Å². The van der Waals surface area contributed by atoms with Crippen LogP contribution in [0.5, 0.6) is 0 Å². The minimum atomic E-state index is -5.43. The van der Waals surface area contributed by atoms with Crippen molar-refractivity contribution in [2.45, 2.75) is 187 Å². The Morgan fingerprint density at radius 2 is 0.745 bits per heavy atom. The van der Waals surface area contributed by atoms with E-state index in [-0.39, 0.29) is 13.2 Å². The predicted octanol–water partition coefficient (Wildman–Crippen LogP) is -12.0. The Morgan fingerprint density at radius 1 is 0.394 bits per heavy atom. The summed E-state index contributed by atoms with van der Waals surface area (Å²) in [5, 5.41) is 93.9. The van der Waals surface area contributed by atoms with Crippen molar-refractivity contribution in [2.75, 3.05) is 61.0 Å². The van der Waals surface area contributed by atoms with Gasteiger partial charge in [0.1, 0.15) is 116 Å². The van der Waals surface area contributed by atoms with E-state index in [0.717, 1.165) is 7.11 Å². The SMILES string of the molecule is CO[C@@H]1OC(COO[O-])[C@H](O[C@@H]2OC(CO)[C@H](O)[C@H](C)C2OS(=O)(=O)[O-])[C@H](O)C1OS(=O)(=O)[O-].CO[C@H]1OC2CO[C@@H](C1O)[C@H]2O[C@@H]1OC(CO)[C@H](OS(=O)(=O)[O-])[C@H](C)C1O.CO[C@H]1OC2CO[C@@H](C1OS(=O)(=O)[O-])[C@H]2O[C@@H]1OC(CO)[C@H](OS(=O)(=O)[O-])[C@H](C)C1O.O=S. The average Bonchev–Trinajstić information content (AvgIpc) is 1.71. The highest BCUT2D eigenvalue weighted by atomic mass is 32.3. The molecule has 8 aliphatic heterocycles. The maximum absolute atomic E-state index is 11.2. The molecule has 0 aromatic carbocycles. The van der Waals surface area contributed by atoms with Gasteiger partial charge in [-0.3, -0.25) is 26.0 Å². The van der Waals surface area contributed by atoms with E-state index in [9.17, 15) is 111 Å². The second kappa shape index (κ2) is 35.3. The molecular weight excluding hydrogens is 1430 g/mol. The Labute approximate surface area is 540 Å². The zero-order valence-corrected chi connectivity index (χ0v) is 54.0. The van der Waals surface area contributed by atoms with Gasteiger partial charge in [0.25, 0.3) is 0 Å². The van der Waals surface area contributed by atoms with Crippen molar-refractivity contribution in [1.29, 1.82) is 0 Å². The van der Waals surface area contributed by atoms with Gasteiger partial charge in [0.2, 0.25) is 52.0 Å². The van der Waals surface area contributed by atoms with E-state index in [2.05, 4.69) is 43.4 Å². The van der Waals surface area contributed by atoms with Gasteiger partial charge in [-0.1, -0.05) is 20.8 Å². The highest BCUT2D eigenvalue weighted by molar-refractivity contribution is 7.81. The van der Waals surface area contributed by atoms with Crippen molar-refractivity contribution in [3.63, 3.8) is 0 Å². The van der Waals surface area contributed by atoms with E-state index >= 15 is 0 Å². The topological polar surface area (TPSA) is 682 Å². The first kappa shape index (κ1) is 83.0. The van der Waals surface area contributed by atoms with Gasteiger partial charge in [-0.15, -0.1) is 0 Å². The lowest BCUT2D eigenvalue weighted by Crippen LogP contribution is -2.64. The number of aliphatic hydroxyl groups is 8. The third-order valence-electron chi connectivity index (χ3n) is 15.3. The van der Waals surface area contributed by atoms with Gasteiger partial charge in [-0.05, 0) is 0 Å². The van der Waals surface area contributed by atoms with Gasteiger partial charge in [0.05, 0.1) is 39.1 Å². The minimum Gasteiger partial charge on any atom is -0.726 e. The Kier molecular flexibility index (Phi) is 31.2. The molecule has 0 amide bonds. The zero-order chi connectivity index (χ0) is 70.9. The van der Waals surface area contributed by atoms with Gasteiger partial charge in [0.15, 0.2) is 62.5 Å². The predicted molar refractivity (Wildman–Crippen MR) is 274 cm³/mol. The molecule has 46 nitrogen and oxygen atoms in total. The van der Waals surface area contributed by atoms with Gasteiger partial charge >= 0.3 is 0 Å². The largest absolute Gasteiger partial charge is 0.726 e. The van der Waals surface area contributed by atoms with Crippen LogP contribution in [0.4, 0.5) is 0 Å². The molecule has 52 heteroatoms. The zero-order valence-electron chi connectivity index (χ0n) is 49.1. The summed E-state index contributed by atoms with van der Waals surface area (Å²) in [6.45, 7) is 1.03. The second-order valence-electron chi connectivity index (χ2n) is 21.1. The number of hydrogen-bond donors (Lipinski definition) is 8. The summed E-state index contributed by atoms with van der Waals surface area (Å²) < 4.78 is 271. The summed E-state index contributed by atoms with van der Waals surface area (Å²) in [5.41, 5.74) is 0. The number of hydrogen-bond acceptors (Lipinski definition) is 47. The lowest BCUT2D eigenvalue weighted by Gasteiger charge is -2.47. The molecule has 12 unspecified atom stereocenters. The van der Waals surface area contributed by atoms with Gasteiger partial charge in [-0.2, -0.15) is 4.21 Å². The molecule has 0 spiro atoms. The highest BCUT2D eigenvalue weighted by Crippen LogP contribution is 2.41. The normalized spacial score (nSPS) is 42.6. The van der Waals surface area contributed by atoms with Crippen LogP contribution in [0.1, 0.15) is 20.8 Å². The fraction of sp³-hybridized carbons (Fsp3) is 1.00. The Balaban J connectivity index is 0.000000253. The van der Waals surface area contributed by atoms with Crippen LogP contribution in [0.15, 0.2) is 0 Å². The lowest BCUT2D eigenvalue weighted by molar-refractivity contribution is -0.801. The minimum absolute atomic E-state index is 0.0874. The fourth-order valence-corrected chi connectivity index (χ4v) is 13.6. The molecule has 8 aliphatic rings. The van der Waals surface area contributed by atoms with Crippen molar-refractivity contribution in [1.82, 2.24) is 0 Å². The van der Waals surface area contributed by atoms with Crippen LogP contribution < -0.4 is 5.26 Å². The van der Waals surface area contributed by atoms with E-state index in [1.165, 1.54) is 35.0 Å². The van der Waals surface area contributed by atoms with Crippen LogP contribution in [-0.2, 0) is 162 Å². The van der Waals surface area contributed by atoms with Gasteiger partial charge in [0, 0.05) is 39.1 Å². The van der Waals surface area contributed by atoms with Crippen LogP contribution in [0.25, 0.3) is 0 Å². The Morgan fingerprint density at radius 3 is 1.17 bits per heavy atom. The number of aliphatic hydroxyl groups excluding tert-OH is 8. The molecule has 0 saturated carbocycles. The number of ether oxygens (including phenoxy) is 14. The third-order valence-corrected chi connectivity index (χ3v) is 17.6. The summed E-state index contributed by atoms with van der Waals surface area (Å²) in [4.78, 5) is 4.21. The van der Waals surface area contributed by atoms with Crippen LogP contribution in [0.3, 0.4) is 0 Å². The molecule has 554 valence electrons. The first-order valence-corrected chi connectivity index (χ1v) is 33.9. The van der Waals surface area contributed by atoms with Crippen LogP contribution in [0.2, 0.25) is 0 Å². The average molecular weight is 1500 g/mol. The van der Waals surface area contributed by atoms with E-state index in [4.69, 9.17) is 70.5 Å². The standard InChI is InChI=1S/C14H26O18S2.C14H24O15S2.C14H24O12S.OS/c1-5-8(16)6(3-15)27-14(10(5)30-33(19,20)21)29-11-7(4-26-32-18)28-13(25-2)12(9(11)17)31-34(22,23)24;1-5-8(16)13(25-6(3-15)9(5)28-30(17,18)19)27-10-7-4-24-11(10)12(14(23-2)26-7)29-31(20,21)22;1-5-8(16)14(23-6(3-15)10(5)26-27(18,19)20)25-11-7-4-22-12(11)9(17)13(21-2)24-7;1-2/h5-18H,3-4H2,1-2H3,(H,19,20,21)(H,22,23,24);5-16H,3-4H2,1-2H3,(H,17,18,19)(H,20,21,22);5-17H,3-4H2,1-2H3,(H,18,19,20);/p-6/t5-,6?,7?,8+,9-,10?,11-,12?,13+,14-;5-,6?,7?,8?,9-,10+,11-,12?,13+,14+;5-,6?,7?,8?,9?,10-,11+,12+,13+,14+;/m011./s1. The van der Waals surface area contributed by atoms with E-state index in [1.54, 1.807) is 0 Å². The molecule has 8 heterocycles. The Hall–Kier alpha value is -1.63. The molecule has 0 aliphatic carbocycles. The molecule has 0 aromatic rings. The molecule has 0 aromatic heterocycles. The third kappa shape index (κ3) is 21.9. The monoisotopic (exact) mass is 1500 g/mol. The summed E-state index contributed by atoms with van der Waals surface area (Å²) in [6.07, 6.45) is -37.1. The molecule has 4 bridgehead atoms. The highest BCUT2D eigenvalue weighted by Gasteiger charge is 2.59. The Bertz CT molecular complexity index is 2920. The molecule has 8 fully saturated rings. The first-order valence-electron chi connectivity index (χ1n) is 26.9. The molecule has 8 N–H and O–H groups in total. The van der Waals surface area contributed by atoms with E-state index < -0.39 is 262 Å². The van der Waals surface area contributed by atoms with Crippen LogP contribution >= 0.6 is 0 Å². The van der Waals surface area contributed by atoms with Crippen molar-refractivity contribution in [3.05, 3.63) is 0 Å². The molecule has 30 atom stereocenters. The number of methoxy groups -OCH3 is 3. The smallest absolute Gasteiger partial charge is 0.218 e. The van der Waals surface area contributed by atoms with Gasteiger partial charge in [-0.25, -0.2) is 47.0 Å². The van der Waals surface area contributed by atoms with Crippen molar-refractivity contribution >= 4 is 64.5 Å².